The molecule has 2 aliphatic heterocycles. The highest BCUT2D eigenvalue weighted by Gasteiger charge is 2.35. The van der Waals surface area contributed by atoms with Crippen LogP contribution in [0.2, 0.25) is 0 Å². The summed E-state index contributed by atoms with van der Waals surface area (Å²) in [6.45, 7) is 11.6. The maximum absolute atomic E-state index is 4.91. The molecule has 2 fully saturated rings. The molecule has 0 aliphatic carbocycles. The molecular formula is C21H36N4S. The lowest BCUT2D eigenvalue weighted by Gasteiger charge is -2.44. The highest BCUT2D eigenvalue weighted by molar-refractivity contribution is 7.98. The molecule has 3 heterocycles. The molecule has 2 atom stereocenters. The zero-order chi connectivity index (χ0) is 19.1. The van der Waals surface area contributed by atoms with Crippen LogP contribution in [0.15, 0.2) is 11.2 Å². The van der Waals surface area contributed by atoms with Crippen LogP contribution in [-0.2, 0) is 0 Å². The highest BCUT2D eigenvalue weighted by atomic mass is 32.2. The third kappa shape index (κ3) is 4.10. The molecule has 0 radical (unpaired) electrons. The van der Waals surface area contributed by atoms with Gasteiger partial charge in [-0.1, -0.05) is 11.8 Å². The lowest BCUT2D eigenvalue weighted by molar-refractivity contribution is 0.0907. The van der Waals surface area contributed by atoms with E-state index in [-0.39, 0.29) is 0 Å². The zero-order valence-corrected chi connectivity index (χ0v) is 18.5. The number of likely N-dealkylation sites (N-methyl/N-ethyl adjacent to an activating group) is 2. The predicted octanol–water partition coefficient (Wildman–Crippen LogP) is 4.37. The average molecular weight is 377 g/mol. The Labute approximate surface area is 164 Å². The number of thioether (sulfide) groups is 1. The third-order valence-corrected chi connectivity index (χ3v) is 7.58. The molecule has 0 bridgehead atoms. The van der Waals surface area contributed by atoms with Crippen LogP contribution in [0.1, 0.15) is 76.6 Å². The van der Waals surface area contributed by atoms with Crippen molar-refractivity contribution in [3.05, 3.63) is 17.5 Å². The normalized spacial score (nSPS) is 29.7. The van der Waals surface area contributed by atoms with Gasteiger partial charge in [0.1, 0.15) is 0 Å². The van der Waals surface area contributed by atoms with Crippen molar-refractivity contribution in [1.82, 2.24) is 19.8 Å². The summed E-state index contributed by atoms with van der Waals surface area (Å²) in [6, 6.07) is 2.33. The molecule has 2 aliphatic rings. The molecule has 0 amide bonds. The van der Waals surface area contributed by atoms with Crippen molar-refractivity contribution in [1.29, 1.82) is 0 Å². The van der Waals surface area contributed by atoms with Crippen molar-refractivity contribution in [3.8, 4) is 0 Å². The monoisotopic (exact) mass is 376 g/mol. The maximum Gasteiger partial charge on any atom is 0.187 e. The van der Waals surface area contributed by atoms with Crippen molar-refractivity contribution in [2.45, 2.75) is 81.4 Å². The molecule has 0 N–H and O–H groups in total. The van der Waals surface area contributed by atoms with Crippen molar-refractivity contribution >= 4 is 11.8 Å². The van der Waals surface area contributed by atoms with Gasteiger partial charge in [-0.25, -0.2) is 9.97 Å². The van der Waals surface area contributed by atoms with Gasteiger partial charge in [0.2, 0.25) is 0 Å². The highest BCUT2D eigenvalue weighted by Crippen LogP contribution is 2.37. The fraction of sp³-hybridized carbons (Fsp3) is 0.810. The lowest BCUT2D eigenvalue weighted by atomic mass is 9.82. The van der Waals surface area contributed by atoms with Crippen LogP contribution in [0.3, 0.4) is 0 Å². The number of hydrogen-bond donors (Lipinski definition) is 0. The maximum atomic E-state index is 4.91. The second kappa shape index (κ2) is 7.40. The van der Waals surface area contributed by atoms with Crippen molar-refractivity contribution in [2.75, 3.05) is 33.4 Å². The van der Waals surface area contributed by atoms with Crippen LogP contribution in [0, 0.1) is 0 Å². The van der Waals surface area contributed by atoms with Crippen LogP contribution in [0.25, 0.3) is 0 Å². The Balaban J connectivity index is 1.84. The van der Waals surface area contributed by atoms with E-state index in [1.54, 1.807) is 11.8 Å². The number of aromatic nitrogens is 2. The van der Waals surface area contributed by atoms with E-state index in [1.807, 2.05) is 0 Å². The molecule has 5 heteroatoms. The zero-order valence-electron chi connectivity index (χ0n) is 17.7. The quantitative estimate of drug-likeness (QED) is 0.577. The Hall–Kier alpha value is -0.650. The number of likely N-dealkylation sites (tertiary alicyclic amines) is 2. The molecule has 146 valence electrons. The van der Waals surface area contributed by atoms with Crippen molar-refractivity contribution in [2.24, 2.45) is 0 Å². The van der Waals surface area contributed by atoms with E-state index in [9.17, 15) is 0 Å². The summed E-state index contributed by atoms with van der Waals surface area (Å²) in [5, 5.41) is 0.942. The molecular weight excluding hydrogens is 340 g/mol. The number of piperidine rings is 2. The summed E-state index contributed by atoms with van der Waals surface area (Å²) in [5.41, 5.74) is 3.11. The first-order valence-electron chi connectivity index (χ1n) is 9.98. The molecule has 4 nitrogen and oxygen atoms in total. The molecule has 0 spiro atoms. The van der Waals surface area contributed by atoms with Crippen molar-refractivity contribution < 1.29 is 0 Å². The SMILES string of the molecule is CSc1nc(C2CCC(C)(C)N(C)C2)cc(C2CCC(C)(C)N(C)C2)n1. The van der Waals surface area contributed by atoms with Crippen LogP contribution >= 0.6 is 11.8 Å². The first-order valence-corrected chi connectivity index (χ1v) is 11.2. The van der Waals surface area contributed by atoms with Gasteiger partial charge < -0.3 is 9.80 Å². The minimum atomic E-state index is 0.298. The summed E-state index contributed by atoms with van der Waals surface area (Å²) in [4.78, 5) is 14.8. The van der Waals surface area contributed by atoms with E-state index in [2.05, 4.69) is 63.9 Å². The van der Waals surface area contributed by atoms with E-state index in [0.717, 1.165) is 18.2 Å². The minimum Gasteiger partial charge on any atom is -0.301 e. The molecule has 1 aromatic heterocycles. The van der Waals surface area contributed by atoms with E-state index >= 15 is 0 Å². The Morgan fingerprint density at radius 2 is 1.31 bits per heavy atom. The molecule has 0 aromatic carbocycles. The first kappa shape index (κ1) is 20.1. The molecule has 3 rings (SSSR count). The van der Waals surface area contributed by atoms with E-state index in [4.69, 9.17) is 9.97 Å². The smallest absolute Gasteiger partial charge is 0.187 e. The fourth-order valence-electron chi connectivity index (χ4n) is 4.23. The second-order valence-electron chi connectivity index (χ2n) is 9.56. The van der Waals surface area contributed by atoms with Gasteiger partial charge in [0, 0.05) is 47.4 Å². The van der Waals surface area contributed by atoms with Gasteiger partial charge in [-0.3, -0.25) is 0 Å². The van der Waals surface area contributed by atoms with Gasteiger partial charge in [0.15, 0.2) is 5.16 Å². The standard InChI is InChI=1S/C21H36N4S/c1-20(2)10-8-15(13-24(20)5)17-12-18(23-19(22-17)26-7)16-9-11-21(3,4)25(6)14-16/h12,15-16H,8-11,13-14H2,1-7H3. The van der Waals surface area contributed by atoms with Gasteiger partial charge in [0.25, 0.3) is 0 Å². The predicted molar refractivity (Wildman–Crippen MR) is 111 cm³/mol. The van der Waals surface area contributed by atoms with Gasteiger partial charge in [-0.15, -0.1) is 0 Å². The largest absolute Gasteiger partial charge is 0.301 e. The summed E-state index contributed by atoms with van der Waals surface area (Å²) in [5.74, 6) is 1.05. The summed E-state index contributed by atoms with van der Waals surface area (Å²) in [7, 11) is 4.50. The molecule has 0 saturated carbocycles. The Bertz CT molecular complexity index is 593. The lowest BCUT2D eigenvalue weighted by Crippen LogP contribution is -2.47. The minimum absolute atomic E-state index is 0.298. The summed E-state index contributed by atoms with van der Waals surface area (Å²) in [6.07, 6.45) is 6.98. The average Bonchev–Trinajstić information content (AvgIpc) is 2.59. The molecule has 2 saturated heterocycles. The van der Waals surface area contributed by atoms with E-state index in [0.29, 0.717) is 22.9 Å². The summed E-state index contributed by atoms with van der Waals surface area (Å²) < 4.78 is 0. The Morgan fingerprint density at radius 3 is 1.65 bits per heavy atom. The number of nitrogens with zero attached hydrogens (tertiary/aromatic N) is 4. The first-order chi connectivity index (χ1) is 12.1. The fourth-order valence-corrected chi connectivity index (χ4v) is 4.62. The van der Waals surface area contributed by atoms with Gasteiger partial charge in [-0.05, 0) is 79.8 Å². The van der Waals surface area contributed by atoms with Crippen LogP contribution in [0.4, 0.5) is 0 Å². The van der Waals surface area contributed by atoms with Crippen molar-refractivity contribution in [3.63, 3.8) is 0 Å². The third-order valence-electron chi connectivity index (χ3n) is 7.03. The van der Waals surface area contributed by atoms with Crippen LogP contribution in [-0.4, -0.2) is 64.3 Å². The van der Waals surface area contributed by atoms with E-state index in [1.165, 1.54) is 37.1 Å². The Morgan fingerprint density at radius 1 is 0.885 bits per heavy atom. The van der Waals surface area contributed by atoms with Gasteiger partial charge >= 0.3 is 0 Å². The second-order valence-corrected chi connectivity index (χ2v) is 10.3. The number of hydrogen-bond acceptors (Lipinski definition) is 5. The van der Waals surface area contributed by atoms with E-state index < -0.39 is 0 Å². The summed E-state index contributed by atoms with van der Waals surface area (Å²) >= 11 is 1.68. The van der Waals surface area contributed by atoms with Crippen LogP contribution < -0.4 is 0 Å². The van der Waals surface area contributed by atoms with Gasteiger partial charge in [-0.2, -0.15) is 0 Å². The Kier molecular flexibility index (Phi) is 5.72. The molecule has 2 unspecified atom stereocenters. The molecule has 26 heavy (non-hydrogen) atoms. The molecule has 1 aromatic rings. The van der Waals surface area contributed by atoms with Gasteiger partial charge in [0.05, 0.1) is 0 Å². The topological polar surface area (TPSA) is 32.3 Å². The van der Waals surface area contributed by atoms with Crippen LogP contribution in [0.5, 0.6) is 0 Å². The number of rotatable bonds is 3.